The molecule has 2 fully saturated rings. The number of thiophene rings is 1. The van der Waals surface area contributed by atoms with Gasteiger partial charge in [0.05, 0.1) is 4.90 Å². The van der Waals surface area contributed by atoms with Gasteiger partial charge >= 0.3 is 0 Å². The smallest absolute Gasteiger partial charge is 0.253 e. The van der Waals surface area contributed by atoms with E-state index in [9.17, 15) is 18.0 Å². The van der Waals surface area contributed by atoms with Crippen LogP contribution in [0.5, 0.6) is 0 Å². The number of piperazine rings is 1. The Balaban J connectivity index is 1.33. The van der Waals surface area contributed by atoms with Crippen LogP contribution in [0.3, 0.4) is 0 Å². The Kier molecular flexibility index (Phi) is 5.69. The average Bonchev–Trinajstić information content (AvgIpc) is 3.37. The van der Waals surface area contributed by atoms with Crippen LogP contribution in [0.4, 0.5) is 0 Å². The number of sulfonamides is 1. The molecule has 1 saturated heterocycles. The first-order chi connectivity index (χ1) is 14.3. The van der Waals surface area contributed by atoms with Crippen LogP contribution in [-0.4, -0.2) is 74.6 Å². The van der Waals surface area contributed by atoms with Crippen LogP contribution in [-0.2, 0) is 14.8 Å². The van der Waals surface area contributed by atoms with E-state index in [1.807, 2.05) is 16.3 Å². The van der Waals surface area contributed by atoms with Gasteiger partial charge in [-0.2, -0.15) is 0 Å². The fraction of sp³-hybridized carbons (Fsp3) is 0.429. The monoisotopic (exact) mass is 447 g/mol. The molecule has 1 aromatic heterocycles. The van der Waals surface area contributed by atoms with E-state index in [4.69, 9.17) is 0 Å². The molecule has 2 atom stereocenters. The molecule has 0 unspecified atom stereocenters. The highest BCUT2D eigenvalue weighted by molar-refractivity contribution is 7.89. The first-order valence-corrected chi connectivity index (χ1v) is 12.2. The molecule has 0 N–H and O–H groups in total. The van der Waals surface area contributed by atoms with Crippen LogP contribution >= 0.6 is 11.3 Å². The molecule has 0 spiro atoms. The third-order valence-corrected chi connectivity index (χ3v) is 8.61. The Morgan fingerprint density at radius 2 is 1.63 bits per heavy atom. The van der Waals surface area contributed by atoms with Crippen LogP contribution in [0.2, 0.25) is 0 Å². The summed E-state index contributed by atoms with van der Waals surface area (Å²) in [6.45, 7) is 2.04. The van der Waals surface area contributed by atoms with Crippen molar-refractivity contribution in [3.63, 3.8) is 0 Å². The number of carbonyl (C=O) groups is 2. The molecular formula is C21H25N3O4S2. The highest BCUT2D eigenvalue weighted by Gasteiger charge is 2.46. The lowest BCUT2D eigenvalue weighted by molar-refractivity contribution is -0.134. The van der Waals surface area contributed by atoms with Gasteiger partial charge in [-0.05, 0) is 42.1 Å². The number of benzene rings is 1. The first kappa shape index (κ1) is 21.0. The summed E-state index contributed by atoms with van der Waals surface area (Å²) < 4.78 is 25.5. The van der Waals surface area contributed by atoms with Crippen LogP contribution in [0.1, 0.15) is 27.6 Å². The van der Waals surface area contributed by atoms with E-state index in [1.165, 1.54) is 31.1 Å². The van der Waals surface area contributed by atoms with Gasteiger partial charge < -0.3 is 9.80 Å². The van der Waals surface area contributed by atoms with Crippen LogP contribution < -0.4 is 0 Å². The molecule has 1 saturated carbocycles. The van der Waals surface area contributed by atoms with E-state index in [2.05, 4.69) is 6.07 Å². The molecule has 4 rings (SSSR count). The molecule has 7 nitrogen and oxygen atoms in total. The zero-order chi connectivity index (χ0) is 21.5. The Labute approximate surface area is 180 Å². The van der Waals surface area contributed by atoms with Crippen LogP contribution in [0.15, 0.2) is 46.7 Å². The lowest BCUT2D eigenvalue weighted by atomic mass is 10.1. The molecule has 2 aliphatic rings. The van der Waals surface area contributed by atoms with Gasteiger partial charge in [0.1, 0.15) is 0 Å². The maximum atomic E-state index is 12.8. The summed E-state index contributed by atoms with van der Waals surface area (Å²) in [4.78, 5) is 30.6. The molecule has 0 radical (unpaired) electrons. The van der Waals surface area contributed by atoms with E-state index >= 15 is 0 Å². The van der Waals surface area contributed by atoms with Crippen molar-refractivity contribution >= 4 is 33.2 Å². The van der Waals surface area contributed by atoms with Crippen molar-refractivity contribution < 1.29 is 18.0 Å². The lowest BCUT2D eigenvalue weighted by Crippen LogP contribution is -2.51. The van der Waals surface area contributed by atoms with E-state index in [-0.39, 0.29) is 22.6 Å². The number of hydrogen-bond acceptors (Lipinski definition) is 5. The van der Waals surface area contributed by atoms with Crippen molar-refractivity contribution in [1.82, 2.24) is 14.1 Å². The van der Waals surface area contributed by atoms with Crippen molar-refractivity contribution in [3.05, 3.63) is 52.2 Å². The highest BCUT2D eigenvalue weighted by Crippen LogP contribution is 2.50. The third-order valence-electron chi connectivity index (χ3n) is 5.77. The van der Waals surface area contributed by atoms with Crippen molar-refractivity contribution in [1.29, 1.82) is 0 Å². The van der Waals surface area contributed by atoms with Gasteiger partial charge in [0, 0.05) is 62.6 Å². The molecule has 2 heterocycles. The standard InChI is InChI=1S/C21H25N3O4S2/c1-22(2)30(27,28)16-7-5-15(6-8-16)20(25)23-9-11-24(12-10-23)21(26)18-14-17(18)19-4-3-13-29-19/h3-8,13,17-18H,9-12,14H2,1-2H3/t17-,18-/m1/s1. The van der Waals surface area contributed by atoms with Crippen LogP contribution in [0, 0.1) is 5.92 Å². The van der Waals surface area contributed by atoms with E-state index < -0.39 is 10.0 Å². The molecular weight excluding hydrogens is 422 g/mol. The Morgan fingerprint density at radius 1 is 1.00 bits per heavy atom. The number of carbonyl (C=O) groups excluding carboxylic acids is 2. The highest BCUT2D eigenvalue weighted by atomic mass is 32.2. The number of amides is 2. The molecule has 1 aliphatic carbocycles. The third kappa shape index (κ3) is 4.01. The second-order valence-corrected chi connectivity index (χ2v) is 11.0. The molecule has 1 aromatic carbocycles. The summed E-state index contributed by atoms with van der Waals surface area (Å²) in [7, 11) is -0.576. The maximum Gasteiger partial charge on any atom is 0.253 e. The van der Waals surface area contributed by atoms with E-state index in [1.54, 1.807) is 28.4 Å². The summed E-state index contributed by atoms with van der Waals surface area (Å²) in [5.74, 6) is 0.490. The number of rotatable bonds is 5. The fourth-order valence-electron chi connectivity index (χ4n) is 3.81. The Morgan fingerprint density at radius 3 is 2.20 bits per heavy atom. The molecule has 2 amide bonds. The average molecular weight is 448 g/mol. The van der Waals surface area contributed by atoms with Gasteiger partial charge in [-0.1, -0.05) is 6.07 Å². The van der Waals surface area contributed by atoms with Crippen molar-refractivity contribution in [2.45, 2.75) is 17.2 Å². The van der Waals surface area contributed by atoms with Gasteiger partial charge in [0.15, 0.2) is 0 Å². The fourth-order valence-corrected chi connectivity index (χ4v) is 5.62. The summed E-state index contributed by atoms with van der Waals surface area (Å²) in [6.07, 6.45) is 0.917. The molecule has 0 bridgehead atoms. The predicted octanol–water partition coefficient (Wildman–Crippen LogP) is 2.09. The van der Waals surface area contributed by atoms with Crippen molar-refractivity contribution in [3.8, 4) is 0 Å². The van der Waals surface area contributed by atoms with Gasteiger partial charge in [-0.15, -0.1) is 11.3 Å². The van der Waals surface area contributed by atoms with Crippen molar-refractivity contribution in [2.24, 2.45) is 5.92 Å². The topological polar surface area (TPSA) is 78.0 Å². The van der Waals surface area contributed by atoms with Gasteiger partial charge in [0.25, 0.3) is 5.91 Å². The second-order valence-electron chi connectivity index (χ2n) is 7.89. The Hall–Kier alpha value is -2.23. The molecule has 160 valence electrons. The van der Waals surface area contributed by atoms with E-state index in [0.717, 1.165) is 10.7 Å². The largest absolute Gasteiger partial charge is 0.339 e. The van der Waals surface area contributed by atoms with Crippen molar-refractivity contribution in [2.75, 3.05) is 40.3 Å². The molecule has 1 aliphatic heterocycles. The predicted molar refractivity (Wildman–Crippen MR) is 115 cm³/mol. The van der Waals surface area contributed by atoms with Gasteiger partial charge in [-0.25, -0.2) is 12.7 Å². The lowest BCUT2D eigenvalue weighted by Gasteiger charge is -2.35. The summed E-state index contributed by atoms with van der Waals surface area (Å²) in [6, 6.07) is 10.1. The summed E-state index contributed by atoms with van der Waals surface area (Å²) >= 11 is 1.70. The normalized spacial score (nSPS) is 21.7. The quantitative estimate of drug-likeness (QED) is 0.703. The number of nitrogens with zero attached hydrogens (tertiary/aromatic N) is 3. The minimum absolute atomic E-state index is 0.0806. The zero-order valence-corrected chi connectivity index (χ0v) is 18.7. The Bertz CT molecular complexity index is 1020. The molecule has 9 heteroatoms. The number of hydrogen-bond donors (Lipinski definition) is 0. The summed E-state index contributed by atoms with van der Waals surface area (Å²) in [5, 5.41) is 2.04. The van der Waals surface area contributed by atoms with Gasteiger partial charge in [0.2, 0.25) is 15.9 Å². The SMILES string of the molecule is CN(C)S(=O)(=O)c1ccc(C(=O)N2CCN(C(=O)[C@@H]3C[C@H]3c3cccs3)CC2)cc1. The molecule has 2 aromatic rings. The zero-order valence-electron chi connectivity index (χ0n) is 17.0. The van der Waals surface area contributed by atoms with Gasteiger partial charge in [-0.3, -0.25) is 9.59 Å². The molecule has 30 heavy (non-hydrogen) atoms. The van der Waals surface area contributed by atoms with E-state index in [0.29, 0.717) is 37.7 Å². The second kappa shape index (κ2) is 8.13. The first-order valence-electron chi connectivity index (χ1n) is 9.93. The maximum absolute atomic E-state index is 12.8. The summed E-state index contributed by atoms with van der Waals surface area (Å²) in [5.41, 5.74) is 0.451. The minimum Gasteiger partial charge on any atom is -0.339 e. The van der Waals surface area contributed by atoms with Crippen LogP contribution in [0.25, 0.3) is 0 Å². The minimum atomic E-state index is -3.52.